The highest BCUT2D eigenvalue weighted by Crippen LogP contribution is 2.34. The molecule has 1 aromatic carbocycles. The van der Waals surface area contributed by atoms with Crippen molar-refractivity contribution in [1.82, 2.24) is 14.5 Å². The molecule has 2 unspecified atom stereocenters. The van der Waals surface area contributed by atoms with E-state index in [2.05, 4.69) is 88.2 Å². The number of hydrogen-bond acceptors (Lipinski definition) is 4. The third kappa shape index (κ3) is 3.31. The molecule has 0 saturated carbocycles. The summed E-state index contributed by atoms with van der Waals surface area (Å²) in [4.78, 5) is 14.1. The lowest BCUT2D eigenvalue weighted by molar-refractivity contribution is 0.267. The van der Waals surface area contributed by atoms with E-state index in [-0.39, 0.29) is 6.04 Å². The van der Waals surface area contributed by atoms with Crippen LogP contribution in [0, 0.1) is 0 Å². The number of nitrogens with zero attached hydrogens (tertiary/aromatic N) is 5. The van der Waals surface area contributed by atoms with Crippen molar-refractivity contribution in [2.24, 2.45) is 12.0 Å². The van der Waals surface area contributed by atoms with Crippen molar-refractivity contribution < 1.29 is 0 Å². The van der Waals surface area contributed by atoms with E-state index in [4.69, 9.17) is 4.99 Å². The van der Waals surface area contributed by atoms with Crippen LogP contribution >= 0.6 is 0 Å². The Hall–Kier alpha value is -3.08. The number of aryl methyl sites for hydroxylation is 1. The van der Waals surface area contributed by atoms with Crippen LogP contribution in [0.4, 0.5) is 5.69 Å². The monoisotopic (exact) mass is 385 g/mol. The van der Waals surface area contributed by atoms with Crippen LogP contribution in [-0.4, -0.2) is 46.3 Å². The second-order valence-electron chi connectivity index (χ2n) is 8.04. The molecule has 0 amide bonds. The minimum absolute atomic E-state index is 0.0859. The van der Waals surface area contributed by atoms with E-state index in [1.54, 1.807) is 0 Å². The average Bonchev–Trinajstić information content (AvgIpc) is 3.14. The molecule has 29 heavy (non-hydrogen) atoms. The molecule has 148 valence electrons. The lowest BCUT2D eigenvalue weighted by atomic mass is 9.98. The van der Waals surface area contributed by atoms with Crippen LogP contribution in [0.2, 0.25) is 0 Å². The number of piperazine rings is 1. The molecule has 1 fully saturated rings. The molecular formula is C24H27N5. The van der Waals surface area contributed by atoms with Crippen molar-refractivity contribution in [3.8, 4) is 0 Å². The summed E-state index contributed by atoms with van der Waals surface area (Å²) >= 11 is 0. The zero-order valence-corrected chi connectivity index (χ0v) is 17.1. The van der Waals surface area contributed by atoms with E-state index in [1.807, 2.05) is 12.4 Å². The Bertz CT molecular complexity index is 1070. The Morgan fingerprint density at radius 1 is 1.03 bits per heavy atom. The van der Waals surface area contributed by atoms with E-state index < -0.39 is 0 Å². The van der Waals surface area contributed by atoms with Gasteiger partial charge in [-0.3, -0.25) is 9.98 Å². The van der Waals surface area contributed by atoms with Gasteiger partial charge >= 0.3 is 0 Å². The predicted molar refractivity (Wildman–Crippen MR) is 119 cm³/mol. The molecule has 0 aliphatic carbocycles. The molecule has 0 spiro atoms. The van der Waals surface area contributed by atoms with Gasteiger partial charge in [-0.2, -0.15) is 0 Å². The van der Waals surface area contributed by atoms with Crippen molar-refractivity contribution in [2.45, 2.75) is 25.4 Å². The molecule has 1 saturated heterocycles. The fourth-order valence-corrected chi connectivity index (χ4v) is 4.65. The molecule has 5 rings (SSSR count). The molecule has 0 bridgehead atoms. The number of fused-ring (bicyclic) bond motifs is 1. The van der Waals surface area contributed by atoms with E-state index in [1.165, 1.54) is 27.9 Å². The van der Waals surface area contributed by atoms with Crippen LogP contribution in [-0.2, 0) is 7.05 Å². The van der Waals surface area contributed by atoms with Gasteiger partial charge in [-0.05, 0) is 42.1 Å². The van der Waals surface area contributed by atoms with Gasteiger partial charge in [0, 0.05) is 80.9 Å². The van der Waals surface area contributed by atoms with Crippen LogP contribution < -0.4 is 4.90 Å². The van der Waals surface area contributed by atoms with Gasteiger partial charge in [-0.25, -0.2) is 0 Å². The zero-order chi connectivity index (χ0) is 19.8. The number of dihydropyridines is 1. The summed E-state index contributed by atoms with van der Waals surface area (Å²) < 4.78 is 2.18. The number of benzene rings is 1. The van der Waals surface area contributed by atoms with Gasteiger partial charge in [0.15, 0.2) is 0 Å². The van der Waals surface area contributed by atoms with Gasteiger partial charge in [-0.15, -0.1) is 0 Å². The summed E-state index contributed by atoms with van der Waals surface area (Å²) in [6, 6.07) is 13.7. The quantitative estimate of drug-likeness (QED) is 0.679. The van der Waals surface area contributed by atoms with Crippen molar-refractivity contribution in [3.63, 3.8) is 0 Å². The Balaban J connectivity index is 1.39. The van der Waals surface area contributed by atoms with Crippen molar-refractivity contribution in [3.05, 3.63) is 72.3 Å². The smallest absolute Gasteiger partial charge is 0.114 e. The summed E-state index contributed by atoms with van der Waals surface area (Å²) in [7, 11) is 2.10. The normalized spacial score (nSPS) is 22.2. The molecule has 5 nitrogen and oxygen atoms in total. The average molecular weight is 386 g/mol. The molecule has 4 heterocycles. The maximum atomic E-state index is 4.91. The molecule has 5 heteroatoms. The maximum Gasteiger partial charge on any atom is 0.114 e. The Kier molecular flexibility index (Phi) is 4.58. The second kappa shape index (κ2) is 7.39. The summed E-state index contributed by atoms with van der Waals surface area (Å²) in [6.45, 7) is 5.34. The topological polar surface area (TPSA) is 36.7 Å². The first kappa shape index (κ1) is 18.0. The molecule has 2 aromatic heterocycles. The van der Waals surface area contributed by atoms with E-state index in [0.717, 1.165) is 26.1 Å². The number of aliphatic imine (C=N–C) groups is 1. The third-order valence-electron chi connectivity index (χ3n) is 6.18. The van der Waals surface area contributed by atoms with Crippen LogP contribution in [0.3, 0.4) is 0 Å². The first-order chi connectivity index (χ1) is 14.2. The third-order valence-corrected chi connectivity index (χ3v) is 6.18. The summed E-state index contributed by atoms with van der Waals surface area (Å²) in [5.74, 6) is 0. The zero-order valence-electron chi connectivity index (χ0n) is 17.1. The van der Waals surface area contributed by atoms with Crippen molar-refractivity contribution >= 4 is 22.8 Å². The molecular weight excluding hydrogens is 358 g/mol. The number of rotatable bonds is 3. The van der Waals surface area contributed by atoms with Crippen LogP contribution in [0.1, 0.15) is 24.9 Å². The largest absolute Gasteiger partial charge is 0.369 e. The highest BCUT2D eigenvalue weighted by Gasteiger charge is 2.29. The van der Waals surface area contributed by atoms with Gasteiger partial charge in [0.2, 0.25) is 0 Å². The molecule has 2 aliphatic rings. The number of pyridine rings is 1. The SMILES string of the molecule is CC1CN(C2=CCC=NC2c2ccc3ccn(C)c3c2)CCN1c1ccncc1. The predicted octanol–water partition coefficient (Wildman–Crippen LogP) is 4.18. The lowest BCUT2D eigenvalue weighted by Crippen LogP contribution is -2.52. The van der Waals surface area contributed by atoms with Crippen molar-refractivity contribution in [1.29, 1.82) is 0 Å². The Morgan fingerprint density at radius 3 is 2.72 bits per heavy atom. The van der Waals surface area contributed by atoms with E-state index >= 15 is 0 Å². The van der Waals surface area contributed by atoms with Crippen LogP contribution in [0.15, 0.2) is 71.8 Å². The number of hydrogen-bond donors (Lipinski definition) is 0. The number of allylic oxidation sites excluding steroid dienone is 1. The number of anilines is 1. The first-order valence-electron chi connectivity index (χ1n) is 10.4. The molecule has 3 aromatic rings. The minimum atomic E-state index is 0.0859. The maximum absolute atomic E-state index is 4.91. The highest BCUT2D eigenvalue weighted by molar-refractivity contribution is 5.81. The Labute approximate surface area is 172 Å². The van der Waals surface area contributed by atoms with Gasteiger partial charge in [0.25, 0.3) is 0 Å². The fraction of sp³-hybridized carbons (Fsp3) is 0.333. The summed E-state index contributed by atoms with van der Waals surface area (Å²) in [5, 5.41) is 1.28. The summed E-state index contributed by atoms with van der Waals surface area (Å²) in [5.41, 5.74) is 5.14. The summed E-state index contributed by atoms with van der Waals surface area (Å²) in [6.07, 6.45) is 11.2. The van der Waals surface area contributed by atoms with E-state index in [9.17, 15) is 0 Å². The number of aromatic nitrogens is 2. The Morgan fingerprint density at radius 2 is 1.90 bits per heavy atom. The minimum Gasteiger partial charge on any atom is -0.369 e. The highest BCUT2D eigenvalue weighted by atomic mass is 15.3. The fourth-order valence-electron chi connectivity index (χ4n) is 4.65. The van der Waals surface area contributed by atoms with Crippen LogP contribution in [0.5, 0.6) is 0 Å². The van der Waals surface area contributed by atoms with Gasteiger partial charge in [0.05, 0.1) is 0 Å². The molecule has 2 aliphatic heterocycles. The van der Waals surface area contributed by atoms with E-state index in [0.29, 0.717) is 6.04 Å². The van der Waals surface area contributed by atoms with Crippen molar-refractivity contribution in [2.75, 3.05) is 24.5 Å². The van der Waals surface area contributed by atoms with Gasteiger partial charge in [-0.1, -0.05) is 18.2 Å². The second-order valence-corrected chi connectivity index (χ2v) is 8.04. The van der Waals surface area contributed by atoms with Crippen LogP contribution in [0.25, 0.3) is 10.9 Å². The van der Waals surface area contributed by atoms with Gasteiger partial charge < -0.3 is 14.4 Å². The lowest BCUT2D eigenvalue weighted by Gasteiger charge is -2.44. The standard InChI is InChI=1S/C24H27N5/c1-18-17-28(14-15-29(18)21-7-11-25-12-8-21)22-4-3-10-26-24(22)20-6-5-19-9-13-27(2)23(19)16-20/h4-13,16,18,24H,3,14-15,17H2,1-2H3. The molecule has 2 atom stereocenters. The van der Waals surface area contributed by atoms with Gasteiger partial charge in [0.1, 0.15) is 6.04 Å². The molecule has 0 radical (unpaired) electrons. The molecule has 0 N–H and O–H groups in total. The first-order valence-corrected chi connectivity index (χ1v) is 10.4.